The summed E-state index contributed by atoms with van der Waals surface area (Å²) in [5, 5.41) is 0.919. The molecule has 0 spiro atoms. The number of aromatic nitrogens is 1. The van der Waals surface area contributed by atoms with Crippen molar-refractivity contribution in [3.8, 4) is 0 Å². The predicted molar refractivity (Wildman–Crippen MR) is 64.7 cm³/mol. The van der Waals surface area contributed by atoms with Gasteiger partial charge in [-0.05, 0) is 24.6 Å². The van der Waals surface area contributed by atoms with Crippen molar-refractivity contribution < 1.29 is 4.74 Å². The standard InChI is InChI=1S/C11H15BrN2O/c1-9-2-3-13-11(6-9)14-4-5-15-8-10(14)7-12/h2-3,6,10H,4-5,7-8H2,1H3. The van der Waals surface area contributed by atoms with Crippen LogP contribution in [0.1, 0.15) is 5.56 Å². The highest BCUT2D eigenvalue weighted by Crippen LogP contribution is 2.19. The maximum atomic E-state index is 5.46. The summed E-state index contributed by atoms with van der Waals surface area (Å²) < 4.78 is 5.46. The van der Waals surface area contributed by atoms with Crippen LogP contribution < -0.4 is 4.90 Å². The SMILES string of the molecule is Cc1ccnc(N2CCOCC2CBr)c1. The van der Waals surface area contributed by atoms with Crippen LogP contribution in [0.2, 0.25) is 0 Å². The van der Waals surface area contributed by atoms with Gasteiger partial charge in [0.1, 0.15) is 5.82 Å². The number of alkyl halides is 1. The first kappa shape index (κ1) is 10.9. The number of ether oxygens (including phenoxy) is 1. The van der Waals surface area contributed by atoms with Crippen molar-refractivity contribution in [2.75, 3.05) is 30.0 Å². The van der Waals surface area contributed by atoms with Crippen molar-refractivity contribution in [2.24, 2.45) is 0 Å². The van der Waals surface area contributed by atoms with E-state index in [1.165, 1.54) is 5.56 Å². The molecule has 1 fully saturated rings. The highest BCUT2D eigenvalue weighted by molar-refractivity contribution is 9.09. The monoisotopic (exact) mass is 270 g/mol. The second-order valence-electron chi connectivity index (χ2n) is 3.77. The van der Waals surface area contributed by atoms with Crippen molar-refractivity contribution in [2.45, 2.75) is 13.0 Å². The Labute approximate surface area is 98.6 Å². The van der Waals surface area contributed by atoms with Gasteiger partial charge in [-0.25, -0.2) is 4.98 Å². The zero-order valence-corrected chi connectivity index (χ0v) is 10.4. The normalized spacial score (nSPS) is 21.7. The van der Waals surface area contributed by atoms with Crippen LogP contribution in [0, 0.1) is 6.92 Å². The number of pyridine rings is 1. The number of rotatable bonds is 2. The van der Waals surface area contributed by atoms with Crippen molar-refractivity contribution >= 4 is 21.7 Å². The molecule has 1 atom stereocenters. The zero-order valence-electron chi connectivity index (χ0n) is 8.82. The summed E-state index contributed by atoms with van der Waals surface area (Å²) in [6.07, 6.45) is 1.87. The van der Waals surface area contributed by atoms with Crippen molar-refractivity contribution in [1.82, 2.24) is 4.98 Å². The van der Waals surface area contributed by atoms with E-state index >= 15 is 0 Å². The molecule has 1 aliphatic heterocycles. The van der Waals surface area contributed by atoms with Gasteiger partial charge in [0.2, 0.25) is 0 Å². The van der Waals surface area contributed by atoms with Gasteiger partial charge in [0, 0.05) is 18.1 Å². The van der Waals surface area contributed by atoms with E-state index in [0.29, 0.717) is 6.04 Å². The molecular weight excluding hydrogens is 256 g/mol. The Morgan fingerprint density at radius 2 is 2.53 bits per heavy atom. The molecule has 0 bridgehead atoms. The number of nitrogens with zero attached hydrogens (tertiary/aromatic N) is 2. The molecule has 0 aliphatic carbocycles. The van der Waals surface area contributed by atoms with Crippen molar-refractivity contribution in [3.05, 3.63) is 23.9 Å². The molecule has 1 aromatic rings. The first-order valence-electron chi connectivity index (χ1n) is 5.14. The summed E-state index contributed by atoms with van der Waals surface area (Å²) in [5.74, 6) is 1.06. The van der Waals surface area contributed by atoms with E-state index in [0.717, 1.165) is 30.9 Å². The van der Waals surface area contributed by atoms with Crippen molar-refractivity contribution in [1.29, 1.82) is 0 Å². The fourth-order valence-electron chi connectivity index (χ4n) is 1.76. The molecule has 1 aliphatic rings. The largest absolute Gasteiger partial charge is 0.377 e. The second-order valence-corrected chi connectivity index (χ2v) is 4.42. The third-order valence-electron chi connectivity index (χ3n) is 2.60. The third-order valence-corrected chi connectivity index (χ3v) is 3.35. The number of aryl methyl sites for hydroxylation is 1. The van der Waals surface area contributed by atoms with Gasteiger partial charge in [-0.15, -0.1) is 0 Å². The maximum Gasteiger partial charge on any atom is 0.129 e. The molecule has 1 saturated heterocycles. The summed E-state index contributed by atoms with van der Waals surface area (Å²) in [5.41, 5.74) is 1.25. The van der Waals surface area contributed by atoms with Gasteiger partial charge in [0.25, 0.3) is 0 Å². The fraction of sp³-hybridized carbons (Fsp3) is 0.545. The topological polar surface area (TPSA) is 25.4 Å². The van der Waals surface area contributed by atoms with E-state index in [1.54, 1.807) is 0 Å². The summed E-state index contributed by atoms with van der Waals surface area (Å²) >= 11 is 3.52. The van der Waals surface area contributed by atoms with Crippen LogP contribution in [0.15, 0.2) is 18.3 Å². The van der Waals surface area contributed by atoms with Gasteiger partial charge >= 0.3 is 0 Å². The molecule has 1 aromatic heterocycles. The zero-order chi connectivity index (χ0) is 10.7. The Hall–Kier alpha value is -0.610. The number of hydrogen-bond donors (Lipinski definition) is 0. The van der Waals surface area contributed by atoms with Crippen LogP contribution in [0.3, 0.4) is 0 Å². The summed E-state index contributed by atoms with van der Waals surface area (Å²) in [4.78, 5) is 6.72. The average Bonchev–Trinajstić information content (AvgIpc) is 2.29. The van der Waals surface area contributed by atoms with E-state index < -0.39 is 0 Å². The minimum atomic E-state index is 0.396. The molecule has 2 heterocycles. The summed E-state index contributed by atoms with van der Waals surface area (Å²) in [6.45, 7) is 4.58. The molecule has 82 valence electrons. The summed E-state index contributed by atoms with van der Waals surface area (Å²) in [6, 6.07) is 4.54. The van der Waals surface area contributed by atoms with E-state index in [4.69, 9.17) is 4.74 Å². The summed E-state index contributed by atoms with van der Waals surface area (Å²) in [7, 11) is 0. The Morgan fingerprint density at radius 1 is 1.67 bits per heavy atom. The average molecular weight is 271 g/mol. The van der Waals surface area contributed by atoms with Gasteiger partial charge in [0.05, 0.1) is 19.3 Å². The van der Waals surface area contributed by atoms with Crippen LogP contribution >= 0.6 is 15.9 Å². The Balaban J connectivity index is 2.20. The lowest BCUT2D eigenvalue weighted by Gasteiger charge is -2.35. The van der Waals surface area contributed by atoms with Gasteiger partial charge < -0.3 is 9.64 Å². The Bertz CT molecular complexity index is 332. The van der Waals surface area contributed by atoms with Crippen LogP contribution in [0.5, 0.6) is 0 Å². The quantitative estimate of drug-likeness (QED) is 0.769. The molecule has 3 nitrogen and oxygen atoms in total. The number of halogens is 1. The van der Waals surface area contributed by atoms with Gasteiger partial charge in [-0.1, -0.05) is 15.9 Å². The Kier molecular flexibility index (Phi) is 3.59. The predicted octanol–water partition coefficient (Wildman–Crippen LogP) is 1.99. The molecule has 2 rings (SSSR count). The van der Waals surface area contributed by atoms with E-state index in [2.05, 4.69) is 38.8 Å². The second kappa shape index (κ2) is 4.94. The molecule has 0 saturated carbocycles. The minimum Gasteiger partial charge on any atom is -0.377 e. The highest BCUT2D eigenvalue weighted by Gasteiger charge is 2.22. The number of morpholine rings is 1. The molecule has 0 radical (unpaired) electrons. The molecule has 0 amide bonds. The third kappa shape index (κ3) is 2.49. The van der Waals surface area contributed by atoms with Gasteiger partial charge in [-0.2, -0.15) is 0 Å². The lowest BCUT2D eigenvalue weighted by atomic mass is 10.2. The fourth-order valence-corrected chi connectivity index (χ4v) is 2.30. The Morgan fingerprint density at radius 3 is 3.27 bits per heavy atom. The lowest BCUT2D eigenvalue weighted by Crippen LogP contribution is -2.47. The molecule has 0 N–H and O–H groups in total. The van der Waals surface area contributed by atoms with E-state index in [-0.39, 0.29) is 0 Å². The highest BCUT2D eigenvalue weighted by atomic mass is 79.9. The van der Waals surface area contributed by atoms with Crippen LogP contribution in [0.4, 0.5) is 5.82 Å². The molecular formula is C11H15BrN2O. The van der Waals surface area contributed by atoms with Gasteiger partial charge in [-0.3, -0.25) is 0 Å². The van der Waals surface area contributed by atoms with Crippen LogP contribution in [-0.4, -0.2) is 36.1 Å². The maximum absolute atomic E-state index is 5.46. The number of anilines is 1. The minimum absolute atomic E-state index is 0.396. The molecule has 1 unspecified atom stereocenters. The van der Waals surface area contributed by atoms with Gasteiger partial charge in [0.15, 0.2) is 0 Å². The van der Waals surface area contributed by atoms with E-state index in [9.17, 15) is 0 Å². The van der Waals surface area contributed by atoms with E-state index in [1.807, 2.05) is 12.3 Å². The number of hydrogen-bond acceptors (Lipinski definition) is 3. The molecule has 15 heavy (non-hydrogen) atoms. The first-order valence-corrected chi connectivity index (χ1v) is 6.26. The molecule has 4 heteroatoms. The van der Waals surface area contributed by atoms with Crippen LogP contribution in [0.25, 0.3) is 0 Å². The van der Waals surface area contributed by atoms with Crippen LogP contribution in [-0.2, 0) is 4.74 Å². The van der Waals surface area contributed by atoms with Crippen molar-refractivity contribution in [3.63, 3.8) is 0 Å². The first-order chi connectivity index (χ1) is 7.31. The lowest BCUT2D eigenvalue weighted by molar-refractivity contribution is 0.1000. The molecule has 0 aromatic carbocycles. The smallest absolute Gasteiger partial charge is 0.129 e.